The Labute approximate surface area is 126 Å². The van der Waals surface area contributed by atoms with E-state index in [0.717, 1.165) is 16.9 Å². The lowest BCUT2D eigenvalue weighted by Gasteiger charge is -2.38. The molecule has 0 aliphatic heterocycles. The van der Waals surface area contributed by atoms with E-state index < -0.39 is 0 Å². The average molecular weight is 294 g/mol. The van der Waals surface area contributed by atoms with Crippen molar-refractivity contribution in [3.63, 3.8) is 0 Å². The number of hydrogen-bond donors (Lipinski definition) is 1. The van der Waals surface area contributed by atoms with Crippen LogP contribution in [0.5, 0.6) is 0 Å². The molecule has 20 heavy (non-hydrogen) atoms. The summed E-state index contributed by atoms with van der Waals surface area (Å²) in [6.45, 7) is 12.7. The minimum absolute atomic E-state index is 0.247. The van der Waals surface area contributed by atoms with Crippen LogP contribution in [0.15, 0.2) is 18.2 Å². The first-order valence-corrected chi connectivity index (χ1v) is 7.40. The molecule has 0 spiro atoms. The summed E-state index contributed by atoms with van der Waals surface area (Å²) < 4.78 is 2.26. The number of benzene rings is 1. The third kappa shape index (κ3) is 2.33. The highest BCUT2D eigenvalue weighted by molar-refractivity contribution is 6.31. The first-order chi connectivity index (χ1) is 9.05. The Morgan fingerprint density at radius 1 is 1.20 bits per heavy atom. The summed E-state index contributed by atoms with van der Waals surface area (Å²) in [5.41, 5.74) is 7.81. The summed E-state index contributed by atoms with van der Waals surface area (Å²) in [4.78, 5) is 4.83. The molecule has 2 aromatic rings. The summed E-state index contributed by atoms with van der Waals surface area (Å²) in [7, 11) is 0. The van der Waals surface area contributed by atoms with Crippen LogP contribution in [0, 0.1) is 0 Å². The third-order valence-corrected chi connectivity index (χ3v) is 4.57. The summed E-state index contributed by atoms with van der Waals surface area (Å²) >= 11 is 6.09. The topological polar surface area (TPSA) is 43.8 Å². The van der Waals surface area contributed by atoms with Crippen molar-refractivity contribution in [1.29, 1.82) is 0 Å². The van der Waals surface area contributed by atoms with E-state index in [-0.39, 0.29) is 11.0 Å². The monoisotopic (exact) mass is 293 g/mol. The van der Waals surface area contributed by atoms with Crippen molar-refractivity contribution in [3.8, 4) is 0 Å². The van der Waals surface area contributed by atoms with Crippen LogP contribution in [0.1, 0.15) is 53.4 Å². The van der Waals surface area contributed by atoms with Gasteiger partial charge in [0.25, 0.3) is 0 Å². The molecule has 0 amide bonds. The van der Waals surface area contributed by atoms with Gasteiger partial charge in [0.05, 0.1) is 11.0 Å². The predicted octanol–water partition coefficient (Wildman–Crippen LogP) is 4.29. The summed E-state index contributed by atoms with van der Waals surface area (Å²) in [6.07, 6.45) is 0. The van der Waals surface area contributed by atoms with Crippen molar-refractivity contribution in [2.75, 3.05) is 0 Å². The lowest BCUT2D eigenvalue weighted by molar-refractivity contribution is 0.279. The molecule has 2 N–H and O–H groups in total. The molecule has 0 bridgehead atoms. The first-order valence-electron chi connectivity index (χ1n) is 7.02. The average Bonchev–Trinajstić information content (AvgIpc) is 2.66. The number of hydrogen-bond acceptors (Lipinski definition) is 2. The maximum atomic E-state index is 6.39. The van der Waals surface area contributed by atoms with E-state index in [2.05, 4.69) is 32.3 Å². The van der Waals surface area contributed by atoms with Gasteiger partial charge < -0.3 is 10.3 Å². The molecule has 0 unspecified atom stereocenters. The molecular formula is C16H24ClN3. The van der Waals surface area contributed by atoms with Crippen LogP contribution in [-0.2, 0) is 5.41 Å². The highest BCUT2D eigenvalue weighted by Crippen LogP contribution is 2.36. The van der Waals surface area contributed by atoms with Crippen molar-refractivity contribution < 1.29 is 0 Å². The first kappa shape index (κ1) is 15.3. The van der Waals surface area contributed by atoms with Gasteiger partial charge in [-0.05, 0) is 45.9 Å². The quantitative estimate of drug-likeness (QED) is 0.917. The second-order valence-electron chi connectivity index (χ2n) is 6.88. The lowest BCUT2D eigenvalue weighted by Crippen LogP contribution is -2.51. The van der Waals surface area contributed by atoms with E-state index in [4.69, 9.17) is 22.3 Å². The number of fused-ring (bicyclic) bond motifs is 1. The summed E-state index contributed by atoms with van der Waals surface area (Å²) in [5.74, 6) is 1.01. The molecule has 1 heterocycles. The van der Waals surface area contributed by atoms with E-state index in [0.29, 0.717) is 11.1 Å². The van der Waals surface area contributed by atoms with Gasteiger partial charge in [-0.3, -0.25) is 0 Å². The summed E-state index contributed by atoms with van der Waals surface area (Å²) in [5, 5.41) is 0.710. The molecule has 1 aromatic heterocycles. The van der Waals surface area contributed by atoms with Crippen LogP contribution < -0.4 is 5.73 Å². The zero-order valence-electron chi connectivity index (χ0n) is 13.2. The van der Waals surface area contributed by atoms with E-state index in [1.54, 1.807) is 0 Å². The number of halogens is 1. The molecule has 0 aliphatic carbocycles. The van der Waals surface area contributed by atoms with Crippen LogP contribution in [0.3, 0.4) is 0 Å². The van der Waals surface area contributed by atoms with E-state index in [1.807, 2.05) is 32.0 Å². The van der Waals surface area contributed by atoms with E-state index in [9.17, 15) is 0 Å². The van der Waals surface area contributed by atoms with Crippen LogP contribution in [0.25, 0.3) is 11.0 Å². The predicted molar refractivity (Wildman–Crippen MR) is 86.4 cm³/mol. The molecular weight excluding hydrogens is 270 g/mol. The number of rotatable bonds is 3. The van der Waals surface area contributed by atoms with Gasteiger partial charge in [0, 0.05) is 22.0 Å². The van der Waals surface area contributed by atoms with Gasteiger partial charge >= 0.3 is 0 Å². The molecule has 0 radical (unpaired) electrons. The van der Waals surface area contributed by atoms with Crippen molar-refractivity contribution in [3.05, 3.63) is 29.0 Å². The van der Waals surface area contributed by atoms with Gasteiger partial charge in [0.2, 0.25) is 0 Å². The highest BCUT2D eigenvalue weighted by atomic mass is 35.5. The maximum absolute atomic E-state index is 6.39. The Hall–Kier alpha value is -1.06. The fraction of sp³-hybridized carbons (Fsp3) is 0.562. The van der Waals surface area contributed by atoms with Crippen molar-refractivity contribution in [2.45, 2.75) is 58.5 Å². The standard InChI is InChI=1S/C16H24ClN3/c1-10(2)20-13-8-7-11(17)9-12(13)19-14(20)15(3,4)16(5,6)18/h7-10H,18H2,1-6H3. The van der Waals surface area contributed by atoms with Gasteiger partial charge in [-0.1, -0.05) is 25.4 Å². The molecule has 0 fully saturated rings. The largest absolute Gasteiger partial charge is 0.325 e. The van der Waals surface area contributed by atoms with Gasteiger partial charge in [-0.2, -0.15) is 0 Å². The summed E-state index contributed by atoms with van der Waals surface area (Å²) in [6, 6.07) is 6.18. The molecule has 2 rings (SSSR count). The fourth-order valence-corrected chi connectivity index (χ4v) is 2.49. The number of imidazole rings is 1. The van der Waals surface area contributed by atoms with Crippen molar-refractivity contribution >= 4 is 22.6 Å². The Morgan fingerprint density at radius 2 is 1.80 bits per heavy atom. The lowest BCUT2D eigenvalue weighted by atomic mass is 9.74. The van der Waals surface area contributed by atoms with Gasteiger partial charge in [0.1, 0.15) is 5.82 Å². The molecule has 1 aromatic carbocycles. The minimum atomic E-state index is -0.370. The minimum Gasteiger partial charge on any atom is -0.325 e. The molecule has 0 atom stereocenters. The Kier molecular flexibility index (Phi) is 3.64. The molecule has 4 heteroatoms. The molecule has 0 saturated heterocycles. The van der Waals surface area contributed by atoms with Crippen molar-refractivity contribution in [1.82, 2.24) is 9.55 Å². The third-order valence-electron chi connectivity index (χ3n) is 4.34. The zero-order valence-corrected chi connectivity index (χ0v) is 13.9. The van der Waals surface area contributed by atoms with Gasteiger partial charge in [-0.15, -0.1) is 0 Å². The molecule has 0 aliphatic rings. The van der Waals surface area contributed by atoms with Crippen molar-refractivity contribution in [2.24, 2.45) is 5.73 Å². The SMILES string of the molecule is CC(C)n1c(C(C)(C)C(C)(C)N)nc2cc(Cl)ccc21. The van der Waals surface area contributed by atoms with Crippen LogP contribution in [-0.4, -0.2) is 15.1 Å². The van der Waals surface area contributed by atoms with E-state index >= 15 is 0 Å². The Balaban J connectivity index is 2.79. The Morgan fingerprint density at radius 3 is 2.30 bits per heavy atom. The number of aromatic nitrogens is 2. The van der Waals surface area contributed by atoms with Crippen LogP contribution >= 0.6 is 11.6 Å². The second kappa shape index (κ2) is 4.74. The van der Waals surface area contributed by atoms with Gasteiger partial charge in [-0.25, -0.2) is 4.98 Å². The van der Waals surface area contributed by atoms with Gasteiger partial charge in [0.15, 0.2) is 0 Å². The smallest absolute Gasteiger partial charge is 0.117 e. The molecule has 0 saturated carbocycles. The van der Waals surface area contributed by atoms with E-state index in [1.165, 1.54) is 0 Å². The molecule has 110 valence electrons. The maximum Gasteiger partial charge on any atom is 0.117 e. The van der Waals surface area contributed by atoms with Crippen LogP contribution in [0.2, 0.25) is 5.02 Å². The number of nitrogens with zero attached hydrogens (tertiary/aromatic N) is 2. The normalized spacial score (nSPS) is 13.4. The highest BCUT2D eigenvalue weighted by Gasteiger charge is 2.39. The number of nitrogens with two attached hydrogens (primary N) is 1. The Bertz CT molecular complexity index is 633. The second-order valence-corrected chi connectivity index (χ2v) is 7.32. The van der Waals surface area contributed by atoms with Crippen LogP contribution in [0.4, 0.5) is 0 Å². The zero-order chi connectivity index (χ0) is 15.3. The molecule has 3 nitrogen and oxygen atoms in total. The fourth-order valence-electron chi connectivity index (χ4n) is 2.32.